The maximum atomic E-state index is 10.6. The van der Waals surface area contributed by atoms with E-state index in [-0.39, 0.29) is 6.10 Å². The smallest absolute Gasteiger partial charge is 0.0821 e. The van der Waals surface area contributed by atoms with Crippen molar-refractivity contribution in [2.45, 2.75) is 45.1 Å². The minimum absolute atomic E-state index is 0.374. The molecule has 3 heteroatoms. The summed E-state index contributed by atoms with van der Waals surface area (Å²) in [6.45, 7) is 2.23. The highest BCUT2D eigenvalue weighted by Crippen LogP contribution is 2.41. The summed E-state index contributed by atoms with van der Waals surface area (Å²) in [5, 5.41) is 11.3. The van der Waals surface area contributed by atoms with E-state index < -0.39 is 0 Å². The van der Waals surface area contributed by atoms with Gasteiger partial charge in [0.15, 0.2) is 0 Å². The zero-order valence-electron chi connectivity index (χ0n) is 10.7. The average molecular weight is 332 g/mol. The van der Waals surface area contributed by atoms with Gasteiger partial charge in [-0.05, 0) is 51.9 Å². The molecule has 1 aromatic rings. The number of hydrogen-bond donors (Lipinski definition) is 1. The maximum absolute atomic E-state index is 10.6. The third-order valence-electron chi connectivity index (χ3n) is 4.18. The van der Waals surface area contributed by atoms with E-state index in [0.29, 0.717) is 16.9 Å². The van der Waals surface area contributed by atoms with Crippen molar-refractivity contribution in [3.05, 3.63) is 33.3 Å². The molecule has 0 aromatic heterocycles. The molecule has 0 saturated heterocycles. The summed E-state index contributed by atoms with van der Waals surface area (Å²) in [5.74, 6) is 1.04. The normalized spacial score (nSPS) is 26.0. The fourth-order valence-corrected chi connectivity index (χ4v) is 3.54. The van der Waals surface area contributed by atoms with Crippen LogP contribution in [0.5, 0.6) is 0 Å². The first-order chi connectivity index (χ1) is 8.63. The number of aliphatic hydroxyl groups excluding tert-OH is 1. The number of rotatable bonds is 3. The second kappa shape index (κ2) is 6.40. The van der Waals surface area contributed by atoms with Gasteiger partial charge in [-0.3, -0.25) is 0 Å². The summed E-state index contributed by atoms with van der Waals surface area (Å²) in [6, 6.07) is 5.78. The van der Waals surface area contributed by atoms with E-state index in [2.05, 4.69) is 22.9 Å². The van der Waals surface area contributed by atoms with Crippen molar-refractivity contribution in [3.63, 3.8) is 0 Å². The van der Waals surface area contributed by atoms with Crippen LogP contribution >= 0.6 is 27.5 Å². The SMILES string of the molecule is CCC1CCCCC1C(O)c1ccc(Br)c(Cl)c1. The van der Waals surface area contributed by atoms with Crippen molar-refractivity contribution in [2.75, 3.05) is 0 Å². The van der Waals surface area contributed by atoms with Gasteiger partial charge in [-0.1, -0.05) is 50.3 Å². The summed E-state index contributed by atoms with van der Waals surface area (Å²) in [4.78, 5) is 0. The van der Waals surface area contributed by atoms with E-state index in [1.54, 1.807) is 0 Å². The van der Waals surface area contributed by atoms with Crippen molar-refractivity contribution in [1.29, 1.82) is 0 Å². The molecule has 0 spiro atoms. The third-order valence-corrected chi connectivity index (χ3v) is 5.42. The largest absolute Gasteiger partial charge is 0.388 e. The highest BCUT2D eigenvalue weighted by atomic mass is 79.9. The Morgan fingerprint density at radius 2 is 2.11 bits per heavy atom. The van der Waals surface area contributed by atoms with Crippen LogP contribution in [0.15, 0.2) is 22.7 Å². The van der Waals surface area contributed by atoms with Crippen LogP contribution in [-0.4, -0.2) is 5.11 Å². The number of halogens is 2. The van der Waals surface area contributed by atoms with Crippen molar-refractivity contribution in [3.8, 4) is 0 Å². The highest BCUT2D eigenvalue weighted by Gasteiger charge is 2.30. The van der Waals surface area contributed by atoms with Crippen LogP contribution in [0.2, 0.25) is 5.02 Å². The van der Waals surface area contributed by atoms with E-state index in [0.717, 1.165) is 22.9 Å². The lowest BCUT2D eigenvalue weighted by molar-refractivity contribution is 0.0452. The molecular formula is C15H20BrClO. The lowest BCUT2D eigenvalue weighted by Gasteiger charge is -2.34. The number of benzene rings is 1. The van der Waals surface area contributed by atoms with Gasteiger partial charge in [-0.2, -0.15) is 0 Å². The fraction of sp³-hybridized carbons (Fsp3) is 0.600. The molecule has 0 aliphatic heterocycles. The van der Waals surface area contributed by atoms with Gasteiger partial charge in [-0.25, -0.2) is 0 Å². The molecule has 2 rings (SSSR count). The van der Waals surface area contributed by atoms with E-state index in [1.807, 2.05) is 18.2 Å². The Morgan fingerprint density at radius 1 is 1.39 bits per heavy atom. The minimum atomic E-state index is -0.374. The van der Waals surface area contributed by atoms with Crippen LogP contribution in [0, 0.1) is 11.8 Å². The van der Waals surface area contributed by atoms with Crippen molar-refractivity contribution < 1.29 is 5.11 Å². The quantitative estimate of drug-likeness (QED) is 0.791. The Morgan fingerprint density at radius 3 is 2.78 bits per heavy atom. The first-order valence-corrected chi connectivity index (χ1v) is 7.93. The number of aliphatic hydroxyl groups is 1. The first-order valence-electron chi connectivity index (χ1n) is 6.76. The molecule has 100 valence electrons. The zero-order valence-corrected chi connectivity index (χ0v) is 13.0. The lowest BCUT2D eigenvalue weighted by atomic mass is 9.73. The predicted octanol–water partition coefficient (Wildman–Crippen LogP) is 5.35. The van der Waals surface area contributed by atoms with E-state index >= 15 is 0 Å². The predicted molar refractivity (Wildman–Crippen MR) is 79.9 cm³/mol. The van der Waals surface area contributed by atoms with Crippen LogP contribution in [0.25, 0.3) is 0 Å². The van der Waals surface area contributed by atoms with Gasteiger partial charge in [0, 0.05) is 4.47 Å². The summed E-state index contributed by atoms with van der Waals surface area (Å²) >= 11 is 9.50. The second-order valence-electron chi connectivity index (χ2n) is 5.24. The van der Waals surface area contributed by atoms with Gasteiger partial charge >= 0.3 is 0 Å². The van der Waals surface area contributed by atoms with E-state index in [1.165, 1.54) is 19.3 Å². The van der Waals surface area contributed by atoms with E-state index in [9.17, 15) is 5.11 Å². The van der Waals surface area contributed by atoms with Crippen molar-refractivity contribution in [2.24, 2.45) is 11.8 Å². The van der Waals surface area contributed by atoms with Gasteiger partial charge in [0.2, 0.25) is 0 Å². The molecule has 1 nitrogen and oxygen atoms in total. The molecule has 18 heavy (non-hydrogen) atoms. The summed E-state index contributed by atoms with van der Waals surface area (Å²) in [5.41, 5.74) is 0.952. The molecule has 1 saturated carbocycles. The summed E-state index contributed by atoms with van der Waals surface area (Å²) < 4.78 is 0.885. The van der Waals surface area contributed by atoms with Crippen LogP contribution in [0.3, 0.4) is 0 Å². The fourth-order valence-electron chi connectivity index (χ4n) is 3.10. The third kappa shape index (κ3) is 3.09. The van der Waals surface area contributed by atoms with Crippen LogP contribution < -0.4 is 0 Å². The Hall–Kier alpha value is -0.0500. The monoisotopic (exact) mass is 330 g/mol. The topological polar surface area (TPSA) is 20.2 Å². The van der Waals surface area contributed by atoms with Gasteiger partial charge in [0.05, 0.1) is 11.1 Å². The van der Waals surface area contributed by atoms with Gasteiger partial charge in [0.1, 0.15) is 0 Å². The second-order valence-corrected chi connectivity index (χ2v) is 6.50. The zero-order chi connectivity index (χ0) is 13.1. The Balaban J connectivity index is 2.18. The molecule has 1 aromatic carbocycles. The Kier molecular flexibility index (Phi) is 5.11. The Labute approximate surface area is 123 Å². The molecule has 1 fully saturated rings. The molecular weight excluding hydrogens is 312 g/mol. The highest BCUT2D eigenvalue weighted by molar-refractivity contribution is 9.10. The molecule has 0 bridgehead atoms. The minimum Gasteiger partial charge on any atom is -0.388 e. The molecule has 3 unspecified atom stereocenters. The van der Waals surface area contributed by atoms with Crippen molar-refractivity contribution >= 4 is 27.5 Å². The van der Waals surface area contributed by atoms with Gasteiger partial charge < -0.3 is 5.11 Å². The molecule has 0 amide bonds. The number of hydrogen-bond acceptors (Lipinski definition) is 1. The van der Waals surface area contributed by atoms with E-state index in [4.69, 9.17) is 11.6 Å². The van der Waals surface area contributed by atoms with Gasteiger partial charge in [0.25, 0.3) is 0 Å². The Bertz CT molecular complexity index is 407. The van der Waals surface area contributed by atoms with Crippen molar-refractivity contribution in [1.82, 2.24) is 0 Å². The van der Waals surface area contributed by atoms with Crippen LogP contribution in [0.1, 0.15) is 50.7 Å². The summed E-state index contributed by atoms with van der Waals surface area (Å²) in [7, 11) is 0. The van der Waals surface area contributed by atoms with Gasteiger partial charge in [-0.15, -0.1) is 0 Å². The standard InChI is InChI=1S/C15H20BrClO/c1-2-10-5-3-4-6-12(10)15(18)11-7-8-13(16)14(17)9-11/h7-10,12,15,18H,2-6H2,1H3. The van der Waals surface area contributed by atoms with Crippen LogP contribution in [0.4, 0.5) is 0 Å². The molecule has 1 N–H and O–H groups in total. The van der Waals surface area contributed by atoms with Crippen LogP contribution in [-0.2, 0) is 0 Å². The maximum Gasteiger partial charge on any atom is 0.0821 e. The summed E-state index contributed by atoms with van der Waals surface area (Å²) in [6.07, 6.45) is 5.72. The average Bonchev–Trinajstić information content (AvgIpc) is 2.41. The molecule has 0 heterocycles. The molecule has 1 aliphatic carbocycles. The first kappa shape index (κ1) is 14.4. The lowest BCUT2D eigenvalue weighted by Crippen LogP contribution is -2.25. The molecule has 0 radical (unpaired) electrons. The molecule has 3 atom stereocenters. The molecule has 1 aliphatic rings.